The van der Waals surface area contributed by atoms with Gasteiger partial charge in [0, 0.05) is 11.2 Å². The van der Waals surface area contributed by atoms with Crippen molar-refractivity contribution in [3.05, 3.63) is 35.0 Å². The number of alkyl halides is 3. The molecule has 0 saturated carbocycles. The quantitative estimate of drug-likeness (QED) is 0.857. The zero-order valence-electron chi connectivity index (χ0n) is 12.7. The molecule has 2 rings (SSSR count). The summed E-state index contributed by atoms with van der Waals surface area (Å²) in [5.41, 5.74) is -0.993. The van der Waals surface area contributed by atoms with Gasteiger partial charge in [-0.15, -0.1) is 5.10 Å². The summed E-state index contributed by atoms with van der Waals surface area (Å²) in [5, 5.41) is 13.0. The molecule has 0 aliphatic carbocycles. The van der Waals surface area contributed by atoms with Crippen LogP contribution in [0.1, 0.15) is 26.3 Å². The Morgan fingerprint density at radius 3 is 2.43 bits per heavy atom. The minimum atomic E-state index is -4.53. The van der Waals surface area contributed by atoms with Gasteiger partial charge in [-0.1, -0.05) is 11.6 Å². The lowest BCUT2D eigenvalue weighted by molar-refractivity contribution is -0.137. The number of halogens is 4. The van der Waals surface area contributed by atoms with Crippen LogP contribution in [-0.4, -0.2) is 20.7 Å². The fourth-order valence-corrected chi connectivity index (χ4v) is 1.94. The molecule has 0 fully saturated rings. The van der Waals surface area contributed by atoms with E-state index in [4.69, 9.17) is 11.6 Å². The second kappa shape index (κ2) is 6.19. The molecule has 9 heteroatoms. The van der Waals surface area contributed by atoms with Gasteiger partial charge in [0.25, 0.3) is 0 Å². The normalized spacial score (nSPS) is 12.1. The summed E-state index contributed by atoms with van der Waals surface area (Å²) >= 11 is 5.59. The van der Waals surface area contributed by atoms with Gasteiger partial charge in [-0.05, 0) is 39.0 Å². The predicted octanol–water partition coefficient (Wildman–Crippen LogP) is 4.50. The summed E-state index contributed by atoms with van der Waals surface area (Å²) < 4.78 is 38.6. The summed E-state index contributed by atoms with van der Waals surface area (Å²) in [6.45, 7) is 5.77. The number of hydrogen-bond donors (Lipinski definition) is 2. The average molecular weight is 346 g/mol. The first kappa shape index (κ1) is 17.3. The molecule has 1 heterocycles. The molecule has 0 bridgehead atoms. The van der Waals surface area contributed by atoms with Crippen LogP contribution in [0.3, 0.4) is 0 Å². The van der Waals surface area contributed by atoms with Gasteiger partial charge in [-0.3, -0.25) is 0 Å². The van der Waals surface area contributed by atoms with Gasteiger partial charge in [0.1, 0.15) is 0 Å². The highest BCUT2D eigenvalue weighted by Gasteiger charge is 2.33. The van der Waals surface area contributed by atoms with Crippen LogP contribution in [-0.2, 0) is 6.18 Å². The first-order valence-electron chi connectivity index (χ1n) is 6.66. The van der Waals surface area contributed by atoms with Crippen LogP contribution in [0.4, 0.5) is 30.6 Å². The van der Waals surface area contributed by atoms with Crippen molar-refractivity contribution in [2.24, 2.45) is 0 Å². The van der Waals surface area contributed by atoms with Crippen molar-refractivity contribution in [2.75, 3.05) is 10.6 Å². The fourth-order valence-electron chi connectivity index (χ4n) is 1.72. The first-order valence-corrected chi connectivity index (χ1v) is 7.04. The van der Waals surface area contributed by atoms with Crippen LogP contribution in [0.5, 0.6) is 0 Å². The third-order valence-corrected chi connectivity index (χ3v) is 2.92. The lowest BCUT2D eigenvalue weighted by Crippen LogP contribution is -2.27. The fraction of sp³-hybridized carbons (Fsp3) is 0.357. The summed E-state index contributed by atoms with van der Waals surface area (Å²) in [7, 11) is 0. The highest BCUT2D eigenvalue weighted by Crippen LogP contribution is 2.36. The number of hydrogen-bond acceptors (Lipinski definition) is 5. The third-order valence-electron chi connectivity index (χ3n) is 2.59. The number of anilines is 3. The molecule has 2 aromatic rings. The van der Waals surface area contributed by atoms with Crippen molar-refractivity contribution in [1.82, 2.24) is 15.2 Å². The van der Waals surface area contributed by atoms with Crippen molar-refractivity contribution >= 4 is 29.1 Å². The van der Waals surface area contributed by atoms with Crippen LogP contribution in [0.2, 0.25) is 5.02 Å². The Labute approximate surface area is 136 Å². The SMILES string of the molecule is CC(C)(C)Nc1nncc(Nc2ccc(Cl)c(C(F)(F)F)c2)n1. The molecule has 0 spiro atoms. The Morgan fingerprint density at radius 2 is 1.83 bits per heavy atom. The monoisotopic (exact) mass is 345 g/mol. The maximum Gasteiger partial charge on any atom is 0.417 e. The van der Waals surface area contributed by atoms with Gasteiger partial charge in [0.15, 0.2) is 5.82 Å². The van der Waals surface area contributed by atoms with E-state index in [1.807, 2.05) is 20.8 Å². The minimum Gasteiger partial charge on any atom is -0.348 e. The van der Waals surface area contributed by atoms with E-state index in [1.165, 1.54) is 18.3 Å². The van der Waals surface area contributed by atoms with Crippen LogP contribution >= 0.6 is 11.6 Å². The summed E-state index contributed by atoms with van der Waals surface area (Å²) in [5.74, 6) is 0.537. The minimum absolute atomic E-state index is 0.198. The van der Waals surface area contributed by atoms with Crippen molar-refractivity contribution in [2.45, 2.75) is 32.5 Å². The molecule has 1 aromatic carbocycles. The number of aromatic nitrogens is 3. The zero-order valence-corrected chi connectivity index (χ0v) is 13.4. The number of benzene rings is 1. The van der Waals surface area contributed by atoms with Crippen molar-refractivity contribution < 1.29 is 13.2 Å². The molecular formula is C14H15ClF3N5. The largest absolute Gasteiger partial charge is 0.417 e. The summed E-state index contributed by atoms with van der Waals surface area (Å²) in [6.07, 6.45) is -3.21. The van der Waals surface area contributed by atoms with Crippen molar-refractivity contribution in [1.29, 1.82) is 0 Å². The molecule has 0 saturated heterocycles. The summed E-state index contributed by atoms with van der Waals surface area (Å²) in [6, 6.07) is 3.52. The van der Waals surface area contributed by atoms with Crippen LogP contribution < -0.4 is 10.6 Å². The Morgan fingerprint density at radius 1 is 1.13 bits per heavy atom. The van der Waals surface area contributed by atoms with Crippen molar-refractivity contribution in [3.8, 4) is 0 Å². The highest BCUT2D eigenvalue weighted by atomic mass is 35.5. The Kier molecular flexibility index (Phi) is 4.65. The van der Waals surface area contributed by atoms with E-state index >= 15 is 0 Å². The van der Waals surface area contributed by atoms with E-state index in [9.17, 15) is 13.2 Å². The lowest BCUT2D eigenvalue weighted by Gasteiger charge is -2.20. The predicted molar refractivity (Wildman–Crippen MR) is 82.9 cm³/mol. The highest BCUT2D eigenvalue weighted by molar-refractivity contribution is 6.31. The third kappa shape index (κ3) is 4.95. The molecule has 0 atom stereocenters. The standard InChI is InChI=1S/C14H15ClF3N5/c1-13(2,3)22-12-21-11(7-19-23-12)20-8-4-5-10(15)9(6-8)14(16,17)18/h4-7H,1-3H3,(H2,20,21,22,23). The number of rotatable bonds is 3. The molecule has 0 unspecified atom stereocenters. The van der Waals surface area contributed by atoms with E-state index in [-0.39, 0.29) is 28.0 Å². The van der Waals surface area contributed by atoms with E-state index < -0.39 is 11.7 Å². The number of nitrogens with zero attached hydrogens (tertiary/aromatic N) is 3. The van der Waals surface area contributed by atoms with Gasteiger partial charge >= 0.3 is 6.18 Å². The van der Waals surface area contributed by atoms with Crippen LogP contribution in [0.15, 0.2) is 24.4 Å². The van der Waals surface area contributed by atoms with E-state index in [2.05, 4.69) is 25.8 Å². The smallest absolute Gasteiger partial charge is 0.348 e. The Bertz CT molecular complexity index is 698. The maximum atomic E-state index is 12.9. The van der Waals surface area contributed by atoms with Crippen LogP contribution in [0, 0.1) is 0 Å². The molecule has 0 aliphatic heterocycles. The summed E-state index contributed by atoms with van der Waals surface area (Å²) in [4.78, 5) is 4.16. The molecule has 1 aromatic heterocycles. The second-order valence-corrected chi connectivity index (χ2v) is 6.26. The molecule has 124 valence electrons. The molecule has 23 heavy (non-hydrogen) atoms. The molecular weight excluding hydrogens is 331 g/mol. The van der Waals surface area contributed by atoms with Gasteiger partial charge in [0.2, 0.25) is 5.95 Å². The van der Waals surface area contributed by atoms with E-state index in [0.717, 1.165) is 6.07 Å². The maximum absolute atomic E-state index is 12.9. The van der Waals surface area contributed by atoms with Gasteiger partial charge < -0.3 is 10.6 Å². The molecule has 5 nitrogen and oxygen atoms in total. The van der Waals surface area contributed by atoms with Gasteiger partial charge in [-0.2, -0.15) is 23.3 Å². The Balaban J connectivity index is 2.25. The topological polar surface area (TPSA) is 62.7 Å². The first-order chi connectivity index (χ1) is 10.5. The van der Waals surface area contributed by atoms with E-state index in [1.54, 1.807) is 0 Å². The lowest BCUT2D eigenvalue weighted by atomic mass is 10.1. The van der Waals surface area contributed by atoms with Gasteiger partial charge in [-0.25, -0.2) is 0 Å². The Hall–Kier alpha value is -2.09. The number of nitrogens with one attached hydrogen (secondary N) is 2. The van der Waals surface area contributed by atoms with E-state index in [0.29, 0.717) is 0 Å². The zero-order chi connectivity index (χ0) is 17.3. The molecule has 0 aliphatic rings. The van der Waals surface area contributed by atoms with Crippen molar-refractivity contribution in [3.63, 3.8) is 0 Å². The second-order valence-electron chi connectivity index (χ2n) is 5.86. The van der Waals surface area contributed by atoms with Crippen LogP contribution in [0.25, 0.3) is 0 Å². The average Bonchev–Trinajstić information content (AvgIpc) is 2.38. The molecule has 0 radical (unpaired) electrons. The molecule has 0 amide bonds. The van der Waals surface area contributed by atoms with Gasteiger partial charge in [0.05, 0.1) is 16.8 Å². The molecule has 2 N–H and O–H groups in total.